The van der Waals surface area contributed by atoms with Gasteiger partial charge in [0.1, 0.15) is 11.8 Å². The Morgan fingerprint density at radius 2 is 2.22 bits per heavy atom. The molecule has 0 aliphatic heterocycles. The van der Waals surface area contributed by atoms with Gasteiger partial charge in [0, 0.05) is 17.8 Å². The lowest BCUT2D eigenvalue weighted by atomic mass is 10.1. The molecule has 0 N–H and O–H groups in total. The number of nitriles is 1. The van der Waals surface area contributed by atoms with E-state index in [-0.39, 0.29) is 5.69 Å². The van der Waals surface area contributed by atoms with E-state index in [1.165, 1.54) is 6.07 Å². The van der Waals surface area contributed by atoms with E-state index in [0.717, 1.165) is 5.56 Å². The second kappa shape index (κ2) is 4.72. The molecule has 0 atom stereocenters. The quantitative estimate of drug-likeness (QED) is 0.612. The molecule has 0 saturated heterocycles. The summed E-state index contributed by atoms with van der Waals surface area (Å²) in [5.74, 6) is 0. The number of benzene rings is 1. The molecule has 5 nitrogen and oxygen atoms in total. The summed E-state index contributed by atoms with van der Waals surface area (Å²) in [7, 11) is 0. The van der Waals surface area contributed by atoms with Crippen molar-refractivity contribution in [3.05, 3.63) is 63.5 Å². The fourth-order valence-corrected chi connectivity index (χ4v) is 1.86. The van der Waals surface area contributed by atoms with E-state index >= 15 is 0 Å². The second-order valence-electron chi connectivity index (χ2n) is 4.02. The van der Waals surface area contributed by atoms with Crippen molar-refractivity contribution in [1.82, 2.24) is 4.57 Å². The molecule has 18 heavy (non-hydrogen) atoms. The molecule has 0 aliphatic rings. The highest BCUT2D eigenvalue weighted by Crippen LogP contribution is 2.21. The van der Waals surface area contributed by atoms with Crippen LogP contribution in [0.5, 0.6) is 0 Å². The molecule has 0 saturated carbocycles. The summed E-state index contributed by atoms with van der Waals surface area (Å²) >= 11 is 0. The maximum atomic E-state index is 10.9. The van der Waals surface area contributed by atoms with Crippen LogP contribution in [0.3, 0.4) is 0 Å². The average molecular weight is 241 g/mol. The summed E-state index contributed by atoms with van der Waals surface area (Å²) in [5, 5.41) is 19.9. The van der Waals surface area contributed by atoms with E-state index in [2.05, 4.69) is 6.07 Å². The third-order valence-electron chi connectivity index (χ3n) is 2.72. The fourth-order valence-electron chi connectivity index (χ4n) is 1.86. The zero-order chi connectivity index (χ0) is 13.1. The van der Waals surface area contributed by atoms with E-state index in [4.69, 9.17) is 5.26 Å². The molecule has 1 aromatic carbocycles. The number of nitrogens with zero attached hydrogens (tertiary/aromatic N) is 3. The van der Waals surface area contributed by atoms with Gasteiger partial charge in [-0.25, -0.2) is 0 Å². The van der Waals surface area contributed by atoms with Crippen LogP contribution in [-0.2, 0) is 6.54 Å². The summed E-state index contributed by atoms with van der Waals surface area (Å²) in [5.41, 5.74) is 2.14. The first kappa shape index (κ1) is 11.9. The highest BCUT2D eigenvalue weighted by atomic mass is 16.6. The molecule has 0 unspecified atom stereocenters. The number of aromatic nitrogens is 1. The van der Waals surface area contributed by atoms with Crippen LogP contribution >= 0.6 is 0 Å². The Hall–Kier alpha value is -2.61. The number of nitro groups is 1. The third-order valence-corrected chi connectivity index (χ3v) is 2.72. The lowest BCUT2D eigenvalue weighted by Gasteiger charge is -2.06. The van der Waals surface area contributed by atoms with Gasteiger partial charge >= 0.3 is 0 Å². The molecule has 2 rings (SSSR count). The molecular weight excluding hydrogens is 230 g/mol. The first-order chi connectivity index (χ1) is 8.61. The summed E-state index contributed by atoms with van der Waals surface area (Å²) in [4.78, 5) is 10.5. The molecule has 0 spiro atoms. The largest absolute Gasteiger partial charge is 0.335 e. The summed E-state index contributed by atoms with van der Waals surface area (Å²) < 4.78 is 1.70. The summed E-state index contributed by atoms with van der Waals surface area (Å²) in [6.45, 7) is 2.21. The summed E-state index contributed by atoms with van der Waals surface area (Å²) in [6, 6.07) is 10.5. The van der Waals surface area contributed by atoms with E-state index in [1.807, 2.05) is 6.92 Å². The van der Waals surface area contributed by atoms with E-state index < -0.39 is 4.92 Å². The molecule has 1 heterocycles. The summed E-state index contributed by atoms with van der Waals surface area (Å²) in [6.07, 6.45) is 1.74. The van der Waals surface area contributed by atoms with Crippen LogP contribution in [0.1, 0.15) is 16.8 Å². The Bertz CT molecular complexity index is 638. The smallest absolute Gasteiger partial charge is 0.274 e. The Kier molecular flexibility index (Phi) is 3.11. The van der Waals surface area contributed by atoms with Gasteiger partial charge in [0.2, 0.25) is 0 Å². The predicted octanol–water partition coefficient (Wildman–Crippen LogP) is 2.62. The van der Waals surface area contributed by atoms with Crippen LogP contribution in [0.15, 0.2) is 36.5 Å². The predicted molar refractivity (Wildman–Crippen MR) is 66.1 cm³/mol. The zero-order valence-electron chi connectivity index (χ0n) is 9.83. The molecule has 0 amide bonds. The van der Waals surface area contributed by atoms with Gasteiger partial charge in [-0.15, -0.1) is 0 Å². The van der Waals surface area contributed by atoms with Crippen LogP contribution < -0.4 is 0 Å². The minimum Gasteiger partial charge on any atom is -0.335 e. The van der Waals surface area contributed by atoms with Crippen LogP contribution in [0.4, 0.5) is 5.69 Å². The van der Waals surface area contributed by atoms with Crippen molar-refractivity contribution in [2.75, 3.05) is 0 Å². The Morgan fingerprint density at radius 3 is 2.89 bits per heavy atom. The second-order valence-corrected chi connectivity index (χ2v) is 4.02. The molecule has 1 aromatic heterocycles. The van der Waals surface area contributed by atoms with Gasteiger partial charge < -0.3 is 4.57 Å². The van der Waals surface area contributed by atoms with E-state index in [1.54, 1.807) is 35.0 Å². The van der Waals surface area contributed by atoms with Crippen molar-refractivity contribution in [1.29, 1.82) is 5.26 Å². The van der Waals surface area contributed by atoms with Crippen LogP contribution in [0, 0.1) is 28.4 Å². The number of aryl methyl sites for hydroxylation is 1. The van der Waals surface area contributed by atoms with Crippen molar-refractivity contribution in [3.8, 4) is 6.07 Å². The topological polar surface area (TPSA) is 71.9 Å². The zero-order valence-corrected chi connectivity index (χ0v) is 9.83. The van der Waals surface area contributed by atoms with E-state index in [9.17, 15) is 10.1 Å². The molecule has 0 fully saturated rings. The van der Waals surface area contributed by atoms with Gasteiger partial charge in [-0.1, -0.05) is 11.6 Å². The van der Waals surface area contributed by atoms with Gasteiger partial charge in [-0.3, -0.25) is 10.1 Å². The highest BCUT2D eigenvalue weighted by molar-refractivity contribution is 5.43. The third kappa shape index (κ3) is 2.23. The maximum Gasteiger partial charge on any atom is 0.274 e. The average Bonchev–Trinajstić information content (AvgIpc) is 2.76. The van der Waals surface area contributed by atoms with Gasteiger partial charge in [0.25, 0.3) is 5.69 Å². The minimum atomic E-state index is -0.398. The molecule has 5 heteroatoms. The van der Waals surface area contributed by atoms with Gasteiger partial charge in [-0.05, 0) is 25.1 Å². The molecule has 0 aliphatic carbocycles. The highest BCUT2D eigenvalue weighted by Gasteiger charge is 2.14. The van der Waals surface area contributed by atoms with Gasteiger partial charge in [0.05, 0.1) is 11.5 Å². The van der Waals surface area contributed by atoms with Gasteiger partial charge in [-0.2, -0.15) is 5.26 Å². The van der Waals surface area contributed by atoms with Crippen molar-refractivity contribution in [3.63, 3.8) is 0 Å². The standard InChI is InChI=1S/C13H11N3O2/c1-10-4-5-13(16(17)18)11(7-10)9-15-6-2-3-12(15)8-14/h2-7H,9H2,1H3. The van der Waals surface area contributed by atoms with Crippen molar-refractivity contribution < 1.29 is 4.92 Å². The minimum absolute atomic E-state index is 0.0817. The monoisotopic (exact) mass is 241 g/mol. The fraction of sp³-hybridized carbons (Fsp3) is 0.154. The first-order valence-corrected chi connectivity index (χ1v) is 5.41. The van der Waals surface area contributed by atoms with Crippen molar-refractivity contribution in [2.45, 2.75) is 13.5 Å². The number of rotatable bonds is 3. The van der Waals surface area contributed by atoms with Crippen LogP contribution in [0.2, 0.25) is 0 Å². The van der Waals surface area contributed by atoms with Crippen molar-refractivity contribution in [2.24, 2.45) is 0 Å². The van der Waals surface area contributed by atoms with Crippen molar-refractivity contribution >= 4 is 5.69 Å². The van der Waals surface area contributed by atoms with Crippen LogP contribution in [-0.4, -0.2) is 9.49 Å². The normalized spacial score (nSPS) is 10.0. The number of hydrogen-bond donors (Lipinski definition) is 0. The SMILES string of the molecule is Cc1ccc([N+](=O)[O-])c(Cn2cccc2C#N)c1. The van der Waals surface area contributed by atoms with Crippen LogP contribution in [0.25, 0.3) is 0 Å². The Balaban J connectivity index is 2.43. The Morgan fingerprint density at radius 1 is 1.44 bits per heavy atom. The lowest BCUT2D eigenvalue weighted by molar-refractivity contribution is -0.385. The Labute approximate surface area is 104 Å². The molecule has 90 valence electrons. The lowest BCUT2D eigenvalue weighted by Crippen LogP contribution is -2.04. The molecule has 0 bridgehead atoms. The first-order valence-electron chi connectivity index (χ1n) is 5.41. The molecular formula is C13H11N3O2. The molecule has 2 aromatic rings. The number of hydrogen-bond acceptors (Lipinski definition) is 3. The van der Waals surface area contributed by atoms with E-state index in [0.29, 0.717) is 17.8 Å². The van der Waals surface area contributed by atoms with Gasteiger partial charge in [0.15, 0.2) is 0 Å². The number of nitro benzene ring substituents is 1. The maximum absolute atomic E-state index is 10.9. The molecule has 0 radical (unpaired) electrons.